The second-order valence-corrected chi connectivity index (χ2v) is 6.95. The highest BCUT2D eigenvalue weighted by molar-refractivity contribution is 9.10. The number of rotatable bonds is 6. The number of methoxy groups -OCH3 is 1. The summed E-state index contributed by atoms with van der Waals surface area (Å²) >= 11 is 3.59. The molecule has 2 N–H and O–H groups in total. The Morgan fingerprint density at radius 1 is 1.38 bits per heavy atom. The first-order chi connectivity index (χ1) is 10.1. The average molecular weight is 355 g/mol. The lowest BCUT2D eigenvalue weighted by atomic mass is 9.95. The van der Waals surface area contributed by atoms with Crippen molar-refractivity contribution in [3.63, 3.8) is 0 Å². The summed E-state index contributed by atoms with van der Waals surface area (Å²) in [6.45, 7) is 5.27. The highest BCUT2D eigenvalue weighted by atomic mass is 79.9. The Morgan fingerprint density at radius 2 is 2.10 bits per heavy atom. The number of halogens is 1. The summed E-state index contributed by atoms with van der Waals surface area (Å²) in [6.07, 6.45) is 4.39. The van der Waals surface area contributed by atoms with E-state index >= 15 is 0 Å². The Hall–Kier alpha value is -0.580. The molecule has 1 saturated heterocycles. The van der Waals surface area contributed by atoms with Crippen LogP contribution in [0.5, 0.6) is 0 Å². The normalized spacial score (nSPS) is 18.0. The van der Waals surface area contributed by atoms with E-state index in [4.69, 9.17) is 10.5 Å². The fourth-order valence-electron chi connectivity index (χ4n) is 3.03. The van der Waals surface area contributed by atoms with Crippen molar-refractivity contribution >= 4 is 21.6 Å². The fraction of sp³-hybridized carbons (Fsp3) is 0.647. The number of nitrogens with two attached hydrogens (primary N) is 1. The maximum absolute atomic E-state index is 6.16. The average Bonchev–Trinajstić information content (AvgIpc) is 2.49. The van der Waals surface area contributed by atoms with Gasteiger partial charge in [-0.1, -0.05) is 22.9 Å². The number of nitrogens with zero attached hydrogens (tertiary/aromatic N) is 1. The van der Waals surface area contributed by atoms with E-state index < -0.39 is 0 Å². The number of benzene rings is 1. The van der Waals surface area contributed by atoms with Crippen LogP contribution in [0.4, 0.5) is 5.69 Å². The van der Waals surface area contributed by atoms with Crippen LogP contribution in [0.15, 0.2) is 22.7 Å². The van der Waals surface area contributed by atoms with Gasteiger partial charge in [0.2, 0.25) is 0 Å². The smallest absolute Gasteiger partial charge is 0.0491 e. The molecule has 0 saturated carbocycles. The van der Waals surface area contributed by atoms with Crippen LogP contribution in [0.1, 0.15) is 31.7 Å². The fourth-order valence-corrected chi connectivity index (χ4v) is 3.44. The first-order valence-electron chi connectivity index (χ1n) is 7.92. The molecule has 1 aromatic carbocycles. The summed E-state index contributed by atoms with van der Waals surface area (Å²) in [6, 6.07) is 6.84. The predicted molar refractivity (Wildman–Crippen MR) is 92.9 cm³/mol. The van der Waals surface area contributed by atoms with Gasteiger partial charge in [-0.05, 0) is 55.4 Å². The third kappa shape index (κ3) is 4.70. The Bertz CT molecular complexity index is 444. The van der Waals surface area contributed by atoms with Crippen molar-refractivity contribution in [2.45, 2.75) is 38.6 Å². The van der Waals surface area contributed by atoms with Gasteiger partial charge in [-0.2, -0.15) is 0 Å². The van der Waals surface area contributed by atoms with Crippen LogP contribution in [-0.4, -0.2) is 32.8 Å². The van der Waals surface area contributed by atoms with Gasteiger partial charge in [0.1, 0.15) is 0 Å². The first-order valence-corrected chi connectivity index (χ1v) is 8.71. The second-order valence-electron chi connectivity index (χ2n) is 6.03. The maximum atomic E-state index is 6.16. The molecule has 21 heavy (non-hydrogen) atoms. The molecule has 0 aromatic heterocycles. The molecule has 0 aliphatic carbocycles. The molecule has 3 nitrogen and oxygen atoms in total. The summed E-state index contributed by atoms with van der Waals surface area (Å²) in [5.41, 5.74) is 8.89. The van der Waals surface area contributed by atoms with Crippen LogP contribution in [-0.2, 0) is 11.2 Å². The molecule has 0 radical (unpaired) electrons. The summed E-state index contributed by atoms with van der Waals surface area (Å²) < 4.78 is 6.43. The lowest BCUT2D eigenvalue weighted by Crippen LogP contribution is -2.36. The topological polar surface area (TPSA) is 38.5 Å². The monoisotopic (exact) mass is 354 g/mol. The van der Waals surface area contributed by atoms with Gasteiger partial charge in [-0.25, -0.2) is 0 Å². The highest BCUT2D eigenvalue weighted by Crippen LogP contribution is 2.29. The lowest BCUT2D eigenvalue weighted by molar-refractivity contribution is 0.139. The summed E-state index contributed by atoms with van der Waals surface area (Å²) in [4.78, 5) is 2.51. The van der Waals surface area contributed by atoms with Gasteiger partial charge in [0.05, 0.1) is 0 Å². The molecule has 1 aliphatic rings. The van der Waals surface area contributed by atoms with Crippen molar-refractivity contribution in [2.24, 2.45) is 11.7 Å². The highest BCUT2D eigenvalue weighted by Gasteiger charge is 2.21. The third-order valence-corrected chi connectivity index (χ3v) is 4.90. The molecular weight excluding hydrogens is 328 g/mol. The molecule has 1 fully saturated rings. The Labute approximate surface area is 137 Å². The molecule has 118 valence electrons. The molecule has 0 amide bonds. The maximum Gasteiger partial charge on any atom is 0.0491 e. The van der Waals surface area contributed by atoms with Crippen LogP contribution >= 0.6 is 15.9 Å². The molecule has 0 spiro atoms. The zero-order chi connectivity index (χ0) is 15.2. The van der Waals surface area contributed by atoms with E-state index in [1.807, 2.05) is 0 Å². The standard InChI is InChI=1S/C17H27BrN2O/c1-3-16(19)11-14-10-15(18)4-5-17(14)20-8-6-13(7-9-20)12-21-2/h4-5,10,13,16H,3,6-9,11-12,19H2,1-2H3. The quantitative estimate of drug-likeness (QED) is 0.848. The van der Waals surface area contributed by atoms with Crippen molar-refractivity contribution in [1.82, 2.24) is 0 Å². The molecule has 2 rings (SSSR count). The van der Waals surface area contributed by atoms with Crippen molar-refractivity contribution in [1.29, 1.82) is 0 Å². The van der Waals surface area contributed by atoms with Crippen molar-refractivity contribution in [3.05, 3.63) is 28.2 Å². The van der Waals surface area contributed by atoms with Gasteiger partial charge < -0.3 is 15.4 Å². The molecule has 1 aromatic rings. The van der Waals surface area contributed by atoms with Crippen LogP contribution in [0.3, 0.4) is 0 Å². The molecule has 1 unspecified atom stereocenters. The van der Waals surface area contributed by atoms with E-state index in [1.54, 1.807) is 7.11 Å². The van der Waals surface area contributed by atoms with E-state index in [9.17, 15) is 0 Å². The lowest BCUT2D eigenvalue weighted by Gasteiger charge is -2.35. The van der Waals surface area contributed by atoms with E-state index in [2.05, 4.69) is 46.0 Å². The van der Waals surface area contributed by atoms with Gasteiger partial charge in [-0.3, -0.25) is 0 Å². The largest absolute Gasteiger partial charge is 0.384 e. The van der Waals surface area contributed by atoms with Gasteiger partial charge in [0.15, 0.2) is 0 Å². The second kappa shape index (κ2) is 8.16. The summed E-state index contributed by atoms with van der Waals surface area (Å²) in [5.74, 6) is 0.711. The van der Waals surface area contributed by atoms with Crippen LogP contribution < -0.4 is 10.6 Å². The molecule has 1 aliphatic heterocycles. The van der Waals surface area contributed by atoms with Crippen LogP contribution in [0, 0.1) is 5.92 Å². The zero-order valence-corrected chi connectivity index (χ0v) is 14.7. The Balaban J connectivity index is 2.09. The van der Waals surface area contributed by atoms with Gasteiger partial charge >= 0.3 is 0 Å². The van der Waals surface area contributed by atoms with Crippen LogP contribution in [0.25, 0.3) is 0 Å². The summed E-state index contributed by atoms with van der Waals surface area (Å²) in [7, 11) is 1.80. The molecule has 0 bridgehead atoms. The van der Waals surface area contributed by atoms with Crippen LogP contribution in [0.2, 0.25) is 0 Å². The predicted octanol–water partition coefficient (Wildman–Crippen LogP) is 3.59. The Kier molecular flexibility index (Phi) is 6.52. The number of hydrogen-bond acceptors (Lipinski definition) is 3. The minimum atomic E-state index is 0.240. The molecule has 1 atom stereocenters. The van der Waals surface area contributed by atoms with E-state index in [0.717, 1.165) is 37.0 Å². The van der Waals surface area contributed by atoms with E-state index in [0.29, 0.717) is 5.92 Å². The molecular formula is C17H27BrN2O. The van der Waals surface area contributed by atoms with E-state index in [-0.39, 0.29) is 6.04 Å². The van der Waals surface area contributed by atoms with Crippen molar-refractivity contribution < 1.29 is 4.74 Å². The molecule has 4 heteroatoms. The number of ether oxygens (including phenoxy) is 1. The van der Waals surface area contributed by atoms with Gasteiger partial charge in [0, 0.05) is 43.0 Å². The minimum Gasteiger partial charge on any atom is -0.384 e. The minimum absolute atomic E-state index is 0.240. The van der Waals surface area contributed by atoms with Gasteiger partial charge in [0.25, 0.3) is 0 Å². The number of piperidine rings is 1. The van der Waals surface area contributed by atoms with Crippen molar-refractivity contribution in [3.8, 4) is 0 Å². The van der Waals surface area contributed by atoms with Crippen molar-refractivity contribution in [2.75, 3.05) is 31.7 Å². The van der Waals surface area contributed by atoms with Gasteiger partial charge in [-0.15, -0.1) is 0 Å². The zero-order valence-electron chi connectivity index (χ0n) is 13.1. The third-order valence-electron chi connectivity index (χ3n) is 4.41. The first kappa shape index (κ1) is 16.8. The summed E-state index contributed by atoms with van der Waals surface area (Å²) in [5, 5.41) is 0. The Morgan fingerprint density at radius 3 is 2.71 bits per heavy atom. The van der Waals surface area contributed by atoms with E-state index in [1.165, 1.54) is 24.1 Å². The number of anilines is 1. The number of hydrogen-bond donors (Lipinski definition) is 1. The SMILES string of the molecule is CCC(N)Cc1cc(Br)ccc1N1CCC(COC)CC1. The molecule has 1 heterocycles.